The number of thioether (sulfide) groups is 1. The number of hydrogen-bond donors (Lipinski definition) is 1. The number of carbonyl (C=O) groups excluding carboxylic acids is 1. The van der Waals surface area contributed by atoms with Gasteiger partial charge in [-0.15, -0.1) is 11.8 Å². The van der Waals surface area contributed by atoms with E-state index in [1.54, 1.807) is 27.6 Å². The third kappa shape index (κ3) is 2.50. The van der Waals surface area contributed by atoms with Crippen molar-refractivity contribution in [1.29, 1.82) is 0 Å². The van der Waals surface area contributed by atoms with Crippen molar-refractivity contribution in [2.45, 2.75) is 30.0 Å². The molecule has 0 radical (unpaired) electrons. The highest BCUT2D eigenvalue weighted by Gasteiger charge is 2.27. The molecule has 0 bridgehead atoms. The van der Waals surface area contributed by atoms with Crippen LogP contribution in [0.2, 0.25) is 0 Å². The maximum atomic E-state index is 12.3. The van der Waals surface area contributed by atoms with Gasteiger partial charge in [-0.1, -0.05) is 29.5 Å². The molecule has 1 aliphatic heterocycles. The zero-order chi connectivity index (χ0) is 15.1. The Bertz CT molecular complexity index is 798. The summed E-state index contributed by atoms with van der Waals surface area (Å²) in [5.41, 5.74) is 2.10. The Hall–Kier alpha value is -1.86. The summed E-state index contributed by atoms with van der Waals surface area (Å²) in [6.45, 7) is 2.40. The molecule has 112 valence electrons. The molecule has 2 aromatic heterocycles. The zero-order valence-corrected chi connectivity index (χ0v) is 13.6. The van der Waals surface area contributed by atoms with E-state index in [9.17, 15) is 4.79 Å². The Morgan fingerprint density at radius 2 is 2.32 bits per heavy atom. The number of nitrogens with zero attached hydrogens (tertiary/aromatic N) is 3. The summed E-state index contributed by atoms with van der Waals surface area (Å²) < 4.78 is 1.77. The van der Waals surface area contributed by atoms with Crippen molar-refractivity contribution in [3.05, 3.63) is 46.7 Å². The Morgan fingerprint density at radius 3 is 3.14 bits per heavy atom. The van der Waals surface area contributed by atoms with E-state index in [2.05, 4.69) is 27.5 Å². The van der Waals surface area contributed by atoms with Crippen LogP contribution in [0.25, 0.3) is 4.96 Å². The first-order valence-electron chi connectivity index (χ1n) is 7.03. The minimum atomic E-state index is -0.0403. The summed E-state index contributed by atoms with van der Waals surface area (Å²) in [5, 5.41) is 8.25. The first-order chi connectivity index (χ1) is 10.7. The Kier molecular flexibility index (Phi) is 3.38. The molecule has 5 nitrogen and oxygen atoms in total. The average Bonchev–Trinajstić information content (AvgIpc) is 3.16. The second-order valence-electron chi connectivity index (χ2n) is 5.22. The van der Waals surface area contributed by atoms with Gasteiger partial charge >= 0.3 is 0 Å². The zero-order valence-electron chi connectivity index (χ0n) is 11.9. The van der Waals surface area contributed by atoms with Gasteiger partial charge in [-0.05, 0) is 25.0 Å². The molecular formula is C15H14N4OS2. The van der Waals surface area contributed by atoms with Gasteiger partial charge in [-0.25, -0.2) is 9.50 Å². The summed E-state index contributed by atoms with van der Waals surface area (Å²) in [7, 11) is 0. The molecule has 22 heavy (non-hydrogen) atoms. The van der Waals surface area contributed by atoms with Crippen LogP contribution in [0.15, 0.2) is 35.4 Å². The van der Waals surface area contributed by atoms with Crippen molar-refractivity contribution < 1.29 is 4.79 Å². The normalized spacial score (nSPS) is 16.9. The van der Waals surface area contributed by atoms with Crippen LogP contribution >= 0.6 is 23.1 Å². The lowest BCUT2D eigenvalue weighted by atomic mass is 10.1. The van der Waals surface area contributed by atoms with E-state index in [1.807, 2.05) is 25.3 Å². The Morgan fingerprint density at radius 1 is 1.45 bits per heavy atom. The average molecular weight is 330 g/mol. The number of carbonyl (C=O) groups is 1. The smallest absolute Gasteiger partial charge is 0.234 e. The first kappa shape index (κ1) is 13.8. The fourth-order valence-corrected chi connectivity index (χ4v) is 4.51. The molecule has 1 unspecified atom stereocenters. The Labute approximate surface area is 135 Å². The van der Waals surface area contributed by atoms with Crippen molar-refractivity contribution in [3.8, 4) is 0 Å². The molecule has 3 heterocycles. The van der Waals surface area contributed by atoms with Gasteiger partial charge in [0.1, 0.15) is 5.01 Å². The van der Waals surface area contributed by atoms with Crippen LogP contribution < -0.4 is 5.32 Å². The van der Waals surface area contributed by atoms with E-state index in [0.717, 1.165) is 22.1 Å². The highest BCUT2D eigenvalue weighted by Crippen LogP contribution is 2.36. The number of aromatic nitrogens is 3. The van der Waals surface area contributed by atoms with Gasteiger partial charge in [-0.2, -0.15) is 5.10 Å². The molecular weight excluding hydrogens is 316 g/mol. The number of aryl methyl sites for hydroxylation is 1. The largest absolute Gasteiger partial charge is 0.349 e. The van der Waals surface area contributed by atoms with Crippen molar-refractivity contribution in [2.24, 2.45) is 0 Å². The van der Waals surface area contributed by atoms with Gasteiger partial charge < -0.3 is 5.32 Å². The molecule has 1 N–H and O–H groups in total. The third-order valence-corrected chi connectivity index (χ3v) is 5.73. The number of fused-ring (bicyclic) bond motifs is 2. The summed E-state index contributed by atoms with van der Waals surface area (Å²) in [4.78, 5) is 18.9. The van der Waals surface area contributed by atoms with E-state index in [1.165, 1.54) is 10.5 Å². The Balaban J connectivity index is 1.39. The van der Waals surface area contributed by atoms with Crippen LogP contribution in [0.4, 0.5) is 0 Å². The second kappa shape index (κ2) is 5.40. The lowest BCUT2D eigenvalue weighted by Crippen LogP contribution is -2.32. The van der Waals surface area contributed by atoms with Gasteiger partial charge in [0, 0.05) is 4.90 Å². The highest BCUT2D eigenvalue weighted by atomic mass is 32.2. The molecule has 4 rings (SSSR count). The minimum Gasteiger partial charge on any atom is -0.349 e. The fraction of sp³-hybridized carbons (Fsp3) is 0.267. The summed E-state index contributed by atoms with van der Waals surface area (Å²) >= 11 is 3.19. The van der Waals surface area contributed by atoms with Crippen LogP contribution in [0.3, 0.4) is 0 Å². The van der Waals surface area contributed by atoms with Gasteiger partial charge in [-0.3, -0.25) is 4.79 Å². The number of amides is 1. The molecule has 0 spiro atoms. The predicted molar refractivity (Wildman–Crippen MR) is 87.2 cm³/mol. The van der Waals surface area contributed by atoms with E-state index in [0.29, 0.717) is 6.54 Å². The first-order valence-corrected chi connectivity index (χ1v) is 8.72. The molecule has 1 aliphatic rings. The topological polar surface area (TPSA) is 59.3 Å². The lowest BCUT2D eigenvalue weighted by molar-refractivity contribution is -0.120. The summed E-state index contributed by atoms with van der Waals surface area (Å²) in [6, 6.07) is 8.20. The van der Waals surface area contributed by atoms with Crippen LogP contribution in [0, 0.1) is 6.92 Å². The molecule has 0 fully saturated rings. The van der Waals surface area contributed by atoms with Crippen LogP contribution in [0.5, 0.6) is 0 Å². The SMILES string of the molecule is Cc1nn2cc(CNC(=O)C3Cc4ccccc4S3)nc2s1. The standard InChI is InChI=1S/C15H14N4OS2/c1-9-18-19-8-11(17-15(19)21-9)7-16-14(20)13-6-10-4-2-3-5-12(10)22-13/h2-5,8,13H,6-7H2,1H3,(H,16,20). The van der Waals surface area contributed by atoms with Crippen LogP contribution in [0.1, 0.15) is 16.3 Å². The summed E-state index contributed by atoms with van der Waals surface area (Å²) in [6.07, 6.45) is 2.67. The lowest BCUT2D eigenvalue weighted by Gasteiger charge is -2.08. The van der Waals surface area contributed by atoms with Gasteiger partial charge in [0.25, 0.3) is 0 Å². The predicted octanol–water partition coefficient (Wildman–Crippen LogP) is 2.43. The second-order valence-corrected chi connectivity index (χ2v) is 7.62. The quantitative estimate of drug-likeness (QED) is 0.801. The number of benzene rings is 1. The number of imidazole rings is 1. The summed E-state index contributed by atoms with van der Waals surface area (Å²) in [5.74, 6) is 0.0710. The molecule has 0 aliphatic carbocycles. The third-order valence-electron chi connectivity index (χ3n) is 3.58. The molecule has 0 saturated heterocycles. The monoisotopic (exact) mass is 330 g/mol. The van der Waals surface area contributed by atoms with Crippen LogP contribution in [-0.4, -0.2) is 25.8 Å². The molecule has 0 saturated carbocycles. The van der Waals surface area contributed by atoms with Crippen LogP contribution in [-0.2, 0) is 17.8 Å². The molecule has 1 atom stereocenters. The van der Waals surface area contributed by atoms with Gasteiger partial charge in [0.15, 0.2) is 0 Å². The molecule has 7 heteroatoms. The number of nitrogens with one attached hydrogen (secondary N) is 1. The molecule has 3 aromatic rings. The van der Waals surface area contributed by atoms with E-state index >= 15 is 0 Å². The maximum Gasteiger partial charge on any atom is 0.234 e. The van der Waals surface area contributed by atoms with Crippen molar-refractivity contribution in [1.82, 2.24) is 19.9 Å². The number of hydrogen-bond acceptors (Lipinski definition) is 5. The van der Waals surface area contributed by atoms with E-state index < -0.39 is 0 Å². The van der Waals surface area contributed by atoms with Crippen molar-refractivity contribution in [3.63, 3.8) is 0 Å². The van der Waals surface area contributed by atoms with E-state index in [-0.39, 0.29) is 11.2 Å². The van der Waals surface area contributed by atoms with Crippen molar-refractivity contribution in [2.75, 3.05) is 0 Å². The van der Waals surface area contributed by atoms with Crippen molar-refractivity contribution >= 4 is 34.0 Å². The fourth-order valence-electron chi connectivity index (χ4n) is 2.55. The van der Waals surface area contributed by atoms with Gasteiger partial charge in [0.05, 0.1) is 23.7 Å². The maximum absolute atomic E-state index is 12.3. The van der Waals surface area contributed by atoms with Gasteiger partial charge in [0.2, 0.25) is 10.9 Å². The molecule has 1 amide bonds. The van der Waals surface area contributed by atoms with E-state index in [4.69, 9.17) is 0 Å². The minimum absolute atomic E-state index is 0.0403. The number of rotatable bonds is 3. The molecule has 1 aromatic carbocycles. The highest BCUT2D eigenvalue weighted by molar-refractivity contribution is 8.01.